The molecule has 0 fully saturated rings. The summed E-state index contributed by atoms with van der Waals surface area (Å²) in [6.07, 6.45) is 0. The molecule has 3 nitrogen and oxygen atoms in total. The molecule has 0 aliphatic rings. The van der Waals surface area contributed by atoms with Crippen LogP contribution in [-0.4, -0.2) is 24.3 Å². The Labute approximate surface area is 117 Å². The van der Waals surface area contributed by atoms with E-state index >= 15 is 0 Å². The highest BCUT2D eigenvalue weighted by Crippen LogP contribution is 2.24. The van der Waals surface area contributed by atoms with Gasteiger partial charge in [-0.1, -0.05) is 24.3 Å². The first-order chi connectivity index (χ1) is 9.20. The molecule has 0 heterocycles. The number of ether oxygens (including phenoxy) is 1. The quantitative estimate of drug-likeness (QED) is 0.643. The third-order valence-electron chi connectivity index (χ3n) is 2.79. The Morgan fingerprint density at radius 1 is 1.05 bits per heavy atom. The summed E-state index contributed by atoms with van der Waals surface area (Å²) in [5.74, 6) is 1.52. The van der Waals surface area contributed by atoms with Gasteiger partial charge >= 0.3 is 7.12 Å². The van der Waals surface area contributed by atoms with Crippen molar-refractivity contribution in [3.05, 3.63) is 54.1 Å². The van der Waals surface area contributed by atoms with E-state index in [1.807, 2.05) is 36.4 Å². The molecule has 0 radical (unpaired) electrons. The molecule has 2 aromatic rings. The van der Waals surface area contributed by atoms with Crippen molar-refractivity contribution >= 4 is 24.3 Å². The van der Waals surface area contributed by atoms with Crippen LogP contribution in [0.2, 0.25) is 0 Å². The SMILES string of the molecule is COc1ccc(SCc2ccccc2B(O)O)cc1. The zero-order chi connectivity index (χ0) is 13.7. The topological polar surface area (TPSA) is 49.7 Å². The molecule has 2 rings (SSSR count). The number of methoxy groups -OCH3 is 1. The number of benzene rings is 2. The minimum Gasteiger partial charge on any atom is -0.497 e. The van der Waals surface area contributed by atoms with Crippen LogP contribution in [0.3, 0.4) is 0 Å². The molecular formula is C14H15BO3S. The maximum absolute atomic E-state index is 9.30. The third kappa shape index (κ3) is 3.77. The second-order valence-electron chi connectivity index (χ2n) is 4.04. The number of hydrogen-bond acceptors (Lipinski definition) is 4. The van der Waals surface area contributed by atoms with E-state index in [4.69, 9.17) is 4.74 Å². The van der Waals surface area contributed by atoms with Crippen molar-refractivity contribution in [2.75, 3.05) is 7.11 Å². The standard InChI is InChI=1S/C14H15BO3S/c1-18-12-6-8-13(9-7-12)19-10-11-4-2-3-5-14(11)15(16)17/h2-9,16-17H,10H2,1H3. The van der Waals surface area contributed by atoms with Gasteiger partial charge in [0, 0.05) is 10.6 Å². The lowest BCUT2D eigenvalue weighted by Crippen LogP contribution is -2.32. The van der Waals surface area contributed by atoms with E-state index in [1.54, 1.807) is 31.0 Å². The van der Waals surface area contributed by atoms with Crippen molar-refractivity contribution in [1.82, 2.24) is 0 Å². The van der Waals surface area contributed by atoms with E-state index in [0.717, 1.165) is 16.2 Å². The van der Waals surface area contributed by atoms with Gasteiger partial charge in [-0.2, -0.15) is 0 Å². The van der Waals surface area contributed by atoms with Crippen LogP contribution in [0.4, 0.5) is 0 Å². The fourth-order valence-electron chi connectivity index (χ4n) is 1.75. The molecule has 0 aromatic heterocycles. The Balaban J connectivity index is 2.05. The van der Waals surface area contributed by atoms with Crippen molar-refractivity contribution in [3.8, 4) is 5.75 Å². The molecule has 19 heavy (non-hydrogen) atoms. The van der Waals surface area contributed by atoms with E-state index in [0.29, 0.717) is 11.2 Å². The zero-order valence-electron chi connectivity index (χ0n) is 10.6. The molecule has 2 N–H and O–H groups in total. The highest BCUT2D eigenvalue weighted by Gasteiger charge is 2.14. The van der Waals surface area contributed by atoms with E-state index in [-0.39, 0.29) is 0 Å². The molecule has 0 saturated carbocycles. The molecule has 0 amide bonds. The molecule has 0 aliphatic heterocycles. The van der Waals surface area contributed by atoms with Crippen molar-refractivity contribution in [2.45, 2.75) is 10.6 Å². The Kier molecular flexibility index (Phi) is 4.90. The van der Waals surface area contributed by atoms with Crippen LogP contribution in [0.25, 0.3) is 0 Å². The number of hydrogen-bond donors (Lipinski definition) is 2. The number of rotatable bonds is 5. The lowest BCUT2D eigenvalue weighted by Gasteiger charge is -2.08. The summed E-state index contributed by atoms with van der Waals surface area (Å²) in [7, 11) is 0.216. The molecule has 5 heteroatoms. The average Bonchev–Trinajstić information content (AvgIpc) is 2.46. The third-order valence-corrected chi connectivity index (χ3v) is 3.85. The summed E-state index contributed by atoms with van der Waals surface area (Å²) in [5.41, 5.74) is 1.49. The second-order valence-corrected chi connectivity index (χ2v) is 5.09. The first-order valence-corrected chi connectivity index (χ1v) is 6.90. The van der Waals surface area contributed by atoms with Gasteiger partial charge in [-0.3, -0.25) is 0 Å². The van der Waals surface area contributed by atoms with Crippen molar-refractivity contribution in [1.29, 1.82) is 0 Å². The molecule has 98 valence electrons. The fraction of sp³-hybridized carbons (Fsp3) is 0.143. The molecule has 0 atom stereocenters. The maximum atomic E-state index is 9.30. The van der Waals surface area contributed by atoms with Gasteiger partial charge in [0.1, 0.15) is 5.75 Å². The highest BCUT2D eigenvalue weighted by molar-refractivity contribution is 7.98. The van der Waals surface area contributed by atoms with Crippen LogP contribution in [0.1, 0.15) is 5.56 Å². The maximum Gasteiger partial charge on any atom is 0.488 e. The Hall–Kier alpha value is -1.43. The van der Waals surface area contributed by atoms with Crippen molar-refractivity contribution < 1.29 is 14.8 Å². The summed E-state index contributed by atoms with van der Waals surface area (Å²) in [4.78, 5) is 1.11. The summed E-state index contributed by atoms with van der Waals surface area (Å²) >= 11 is 1.65. The van der Waals surface area contributed by atoms with Crippen molar-refractivity contribution in [3.63, 3.8) is 0 Å². The Morgan fingerprint density at radius 3 is 2.37 bits per heavy atom. The molecular weight excluding hydrogens is 259 g/mol. The van der Waals surface area contributed by atoms with Crippen LogP contribution < -0.4 is 10.2 Å². The van der Waals surface area contributed by atoms with Gasteiger partial charge < -0.3 is 14.8 Å². The van der Waals surface area contributed by atoms with Gasteiger partial charge in [0.15, 0.2) is 0 Å². The fourth-order valence-corrected chi connectivity index (χ4v) is 2.66. The Morgan fingerprint density at radius 2 is 1.74 bits per heavy atom. The van der Waals surface area contributed by atoms with Crippen molar-refractivity contribution in [2.24, 2.45) is 0 Å². The van der Waals surface area contributed by atoms with Crippen LogP contribution >= 0.6 is 11.8 Å². The molecule has 0 unspecified atom stereocenters. The monoisotopic (exact) mass is 274 g/mol. The number of thioether (sulfide) groups is 1. The average molecular weight is 274 g/mol. The first-order valence-electron chi connectivity index (χ1n) is 5.91. The van der Waals surface area contributed by atoms with E-state index in [1.165, 1.54) is 0 Å². The summed E-state index contributed by atoms with van der Waals surface area (Å²) < 4.78 is 5.11. The molecule has 2 aromatic carbocycles. The largest absolute Gasteiger partial charge is 0.497 e. The van der Waals surface area contributed by atoms with Crippen LogP contribution in [0, 0.1) is 0 Å². The van der Waals surface area contributed by atoms with Crippen LogP contribution in [0.15, 0.2) is 53.4 Å². The minimum atomic E-state index is -1.42. The molecule has 0 aliphatic carbocycles. The zero-order valence-corrected chi connectivity index (χ0v) is 11.4. The smallest absolute Gasteiger partial charge is 0.488 e. The van der Waals surface area contributed by atoms with Gasteiger partial charge in [0.05, 0.1) is 7.11 Å². The lowest BCUT2D eigenvalue weighted by atomic mass is 9.77. The van der Waals surface area contributed by atoms with E-state index in [9.17, 15) is 10.0 Å². The minimum absolute atomic E-state index is 0.559. The predicted molar refractivity (Wildman–Crippen MR) is 78.8 cm³/mol. The van der Waals surface area contributed by atoms with E-state index < -0.39 is 7.12 Å². The second kappa shape index (κ2) is 6.66. The first kappa shape index (κ1) is 14.0. The lowest BCUT2D eigenvalue weighted by molar-refractivity contribution is 0.414. The Bertz CT molecular complexity index is 528. The molecule has 0 spiro atoms. The van der Waals surface area contributed by atoms with Gasteiger partial charge in [0.2, 0.25) is 0 Å². The predicted octanol–water partition coefficient (Wildman–Crippen LogP) is 1.67. The summed E-state index contributed by atoms with van der Waals surface area (Å²) in [5, 5.41) is 18.6. The van der Waals surface area contributed by atoms with Gasteiger partial charge in [-0.25, -0.2) is 0 Å². The van der Waals surface area contributed by atoms with Crippen LogP contribution in [0.5, 0.6) is 5.75 Å². The summed E-state index contributed by atoms with van der Waals surface area (Å²) in [6.45, 7) is 0. The van der Waals surface area contributed by atoms with Gasteiger partial charge in [-0.15, -0.1) is 11.8 Å². The van der Waals surface area contributed by atoms with Crippen LogP contribution in [-0.2, 0) is 5.75 Å². The van der Waals surface area contributed by atoms with E-state index in [2.05, 4.69) is 0 Å². The normalized spacial score (nSPS) is 10.3. The van der Waals surface area contributed by atoms with Gasteiger partial charge in [-0.05, 0) is 35.3 Å². The molecule has 0 bridgehead atoms. The highest BCUT2D eigenvalue weighted by atomic mass is 32.2. The van der Waals surface area contributed by atoms with Gasteiger partial charge in [0.25, 0.3) is 0 Å². The summed E-state index contributed by atoms with van der Waals surface area (Å²) in [6, 6.07) is 15.1. The molecule has 0 saturated heterocycles.